The van der Waals surface area contributed by atoms with Crippen molar-refractivity contribution < 1.29 is 14.3 Å². The highest BCUT2D eigenvalue weighted by molar-refractivity contribution is 5.72. The molecule has 0 amide bonds. The first-order valence-electron chi connectivity index (χ1n) is 6.04. The number of rotatable bonds is 5. The van der Waals surface area contributed by atoms with Crippen LogP contribution in [0.3, 0.4) is 0 Å². The van der Waals surface area contributed by atoms with Crippen molar-refractivity contribution in [3.63, 3.8) is 0 Å². The van der Waals surface area contributed by atoms with Gasteiger partial charge in [0.15, 0.2) is 0 Å². The van der Waals surface area contributed by atoms with Crippen molar-refractivity contribution in [2.45, 2.75) is 39.3 Å². The standard InChI is InChI=1S/C12H23NO3/c1-5-15-12(14)9(2)8-13(4)11-6-7-16-10(11)3/h9-11H,5-8H2,1-4H3. The van der Waals surface area contributed by atoms with Gasteiger partial charge in [-0.2, -0.15) is 0 Å². The van der Waals surface area contributed by atoms with Crippen molar-refractivity contribution in [3.05, 3.63) is 0 Å². The van der Waals surface area contributed by atoms with E-state index in [0.717, 1.165) is 19.6 Å². The lowest BCUT2D eigenvalue weighted by Crippen LogP contribution is -2.40. The molecule has 4 heteroatoms. The average molecular weight is 229 g/mol. The van der Waals surface area contributed by atoms with Gasteiger partial charge in [-0.1, -0.05) is 6.92 Å². The van der Waals surface area contributed by atoms with E-state index >= 15 is 0 Å². The molecule has 94 valence electrons. The van der Waals surface area contributed by atoms with E-state index in [-0.39, 0.29) is 18.0 Å². The number of hydrogen-bond donors (Lipinski definition) is 0. The van der Waals surface area contributed by atoms with Crippen LogP contribution in [0.2, 0.25) is 0 Å². The number of esters is 1. The zero-order valence-electron chi connectivity index (χ0n) is 10.7. The van der Waals surface area contributed by atoms with Crippen LogP contribution in [0.15, 0.2) is 0 Å². The molecule has 0 bridgehead atoms. The molecule has 0 N–H and O–H groups in total. The third-order valence-electron chi connectivity index (χ3n) is 3.15. The normalized spacial score (nSPS) is 27.1. The Balaban J connectivity index is 2.38. The Morgan fingerprint density at radius 2 is 2.31 bits per heavy atom. The largest absolute Gasteiger partial charge is 0.466 e. The van der Waals surface area contributed by atoms with Crippen molar-refractivity contribution in [2.24, 2.45) is 5.92 Å². The summed E-state index contributed by atoms with van der Waals surface area (Å²) < 4.78 is 10.5. The minimum atomic E-state index is -0.110. The first-order chi connectivity index (χ1) is 7.56. The SMILES string of the molecule is CCOC(=O)C(C)CN(C)C1CCOC1C. The van der Waals surface area contributed by atoms with Crippen LogP contribution in [0.5, 0.6) is 0 Å². The Labute approximate surface area is 97.9 Å². The van der Waals surface area contributed by atoms with Gasteiger partial charge in [0.05, 0.1) is 18.6 Å². The first kappa shape index (κ1) is 13.5. The lowest BCUT2D eigenvalue weighted by Gasteiger charge is -2.28. The topological polar surface area (TPSA) is 38.8 Å². The van der Waals surface area contributed by atoms with E-state index in [2.05, 4.69) is 11.8 Å². The molecule has 1 rings (SSSR count). The smallest absolute Gasteiger partial charge is 0.309 e. The van der Waals surface area contributed by atoms with Crippen molar-refractivity contribution in [1.29, 1.82) is 0 Å². The van der Waals surface area contributed by atoms with Gasteiger partial charge in [0.25, 0.3) is 0 Å². The lowest BCUT2D eigenvalue weighted by atomic mass is 10.1. The van der Waals surface area contributed by atoms with Gasteiger partial charge in [0.2, 0.25) is 0 Å². The summed E-state index contributed by atoms with van der Waals surface area (Å²) in [5, 5.41) is 0. The van der Waals surface area contributed by atoms with E-state index in [9.17, 15) is 4.79 Å². The number of ether oxygens (including phenoxy) is 2. The van der Waals surface area contributed by atoms with E-state index in [1.54, 1.807) is 0 Å². The molecule has 1 saturated heterocycles. The quantitative estimate of drug-likeness (QED) is 0.666. The molecule has 16 heavy (non-hydrogen) atoms. The monoisotopic (exact) mass is 229 g/mol. The summed E-state index contributed by atoms with van der Waals surface area (Å²) in [7, 11) is 2.05. The van der Waals surface area contributed by atoms with Crippen molar-refractivity contribution >= 4 is 5.97 Å². The summed E-state index contributed by atoms with van der Waals surface area (Å²) in [6.45, 7) is 7.84. The Kier molecular flexibility index (Phi) is 5.22. The molecule has 1 fully saturated rings. The zero-order chi connectivity index (χ0) is 12.1. The summed E-state index contributed by atoms with van der Waals surface area (Å²) in [4.78, 5) is 13.7. The Hall–Kier alpha value is -0.610. The highest BCUT2D eigenvalue weighted by atomic mass is 16.5. The van der Waals surface area contributed by atoms with Gasteiger partial charge < -0.3 is 9.47 Å². The molecule has 0 spiro atoms. The van der Waals surface area contributed by atoms with E-state index in [0.29, 0.717) is 12.6 Å². The van der Waals surface area contributed by atoms with Crippen LogP contribution >= 0.6 is 0 Å². The molecular formula is C12H23NO3. The molecule has 3 unspecified atom stereocenters. The molecule has 0 radical (unpaired) electrons. The second kappa shape index (κ2) is 6.21. The van der Waals surface area contributed by atoms with Crippen LogP contribution in [0.25, 0.3) is 0 Å². The number of nitrogens with zero attached hydrogens (tertiary/aromatic N) is 1. The van der Waals surface area contributed by atoms with Gasteiger partial charge >= 0.3 is 5.97 Å². The average Bonchev–Trinajstić information content (AvgIpc) is 2.64. The summed E-state index contributed by atoms with van der Waals surface area (Å²) in [5.41, 5.74) is 0. The maximum Gasteiger partial charge on any atom is 0.309 e. The maximum absolute atomic E-state index is 11.5. The molecule has 0 aromatic carbocycles. The molecule has 1 heterocycles. The fourth-order valence-electron chi connectivity index (χ4n) is 2.23. The zero-order valence-corrected chi connectivity index (χ0v) is 10.7. The third kappa shape index (κ3) is 3.46. The van der Waals surface area contributed by atoms with Gasteiger partial charge in [0.1, 0.15) is 0 Å². The van der Waals surface area contributed by atoms with Gasteiger partial charge in [-0.3, -0.25) is 9.69 Å². The van der Waals surface area contributed by atoms with Crippen molar-refractivity contribution in [2.75, 3.05) is 26.8 Å². The van der Waals surface area contributed by atoms with E-state index in [1.807, 2.05) is 20.9 Å². The number of carbonyl (C=O) groups is 1. The van der Waals surface area contributed by atoms with E-state index < -0.39 is 0 Å². The second-order valence-corrected chi connectivity index (χ2v) is 4.52. The minimum absolute atomic E-state index is 0.0715. The minimum Gasteiger partial charge on any atom is -0.466 e. The van der Waals surface area contributed by atoms with Crippen LogP contribution in [0.4, 0.5) is 0 Å². The highest BCUT2D eigenvalue weighted by Crippen LogP contribution is 2.19. The van der Waals surface area contributed by atoms with Gasteiger partial charge in [0, 0.05) is 19.2 Å². The Bertz CT molecular complexity index is 232. The summed E-state index contributed by atoms with van der Waals surface area (Å²) >= 11 is 0. The van der Waals surface area contributed by atoms with Crippen LogP contribution in [-0.4, -0.2) is 49.8 Å². The maximum atomic E-state index is 11.5. The summed E-state index contributed by atoms with van der Waals surface area (Å²) in [6, 6.07) is 0.428. The van der Waals surface area contributed by atoms with Crippen LogP contribution in [0.1, 0.15) is 27.2 Å². The predicted octanol–water partition coefficient (Wildman–Crippen LogP) is 1.29. The van der Waals surface area contributed by atoms with Crippen molar-refractivity contribution in [1.82, 2.24) is 4.90 Å². The van der Waals surface area contributed by atoms with E-state index in [1.165, 1.54) is 0 Å². The van der Waals surface area contributed by atoms with Crippen LogP contribution < -0.4 is 0 Å². The fourth-order valence-corrected chi connectivity index (χ4v) is 2.23. The highest BCUT2D eigenvalue weighted by Gasteiger charge is 2.29. The third-order valence-corrected chi connectivity index (χ3v) is 3.15. The van der Waals surface area contributed by atoms with E-state index in [4.69, 9.17) is 9.47 Å². The summed E-state index contributed by atoms with van der Waals surface area (Å²) in [6.07, 6.45) is 1.31. The molecular weight excluding hydrogens is 206 g/mol. The molecule has 0 aliphatic carbocycles. The molecule has 4 nitrogen and oxygen atoms in total. The van der Waals surface area contributed by atoms with Crippen LogP contribution in [0, 0.1) is 5.92 Å². The molecule has 3 atom stereocenters. The molecule has 0 aromatic rings. The number of carbonyl (C=O) groups excluding carboxylic acids is 1. The molecule has 0 aromatic heterocycles. The molecule has 1 aliphatic rings. The summed E-state index contributed by atoms with van der Waals surface area (Å²) in [5.74, 6) is -0.182. The first-order valence-corrected chi connectivity index (χ1v) is 6.04. The Morgan fingerprint density at radius 1 is 1.62 bits per heavy atom. The number of hydrogen-bond acceptors (Lipinski definition) is 4. The van der Waals surface area contributed by atoms with Gasteiger partial charge in [-0.15, -0.1) is 0 Å². The predicted molar refractivity (Wildman–Crippen MR) is 62.2 cm³/mol. The second-order valence-electron chi connectivity index (χ2n) is 4.52. The van der Waals surface area contributed by atoms with Gasteiger partial charge in [-0.05, 0) is 27.3 Å². The van der Waals surface area contributed by atoms with Crippen molar-refractivity contribution in [3.8, 4) is 0 Å². The fraction of sp³-hybridized carbons (Fsp3) is 0.917. The molecule has 1 aliphatic heterocycles. The van der Waals surface area contributed by atoms with Gasteiger partial charge in [-0.25, -0.2) is 0 Å². The molecule has 0 saturated carbocycles. The van der Waals surface area contributed by atoms with Crippen LogP contribution in [-0.2, 0) is 14.3 Å². The Morgan fingerprint density at radius 3 is 2.81 bits per heavy atom. The number of likely N-dealkylation sites (N-methyl/N-ethyl adjacent to an activating group) is 1. The lowest BCUT2D eigenvalue weighted by molar-refractivity contribution is -0.148.